The molecule has 0 radical (unpaired) electrons. The Hall–Kier alpha value is -2.87. The number of hydrogen-bond donors (Lipinski definition) is 1. The van der Waals surface area contributed by atoms with E-state index in [0.717, 1.165) is 22.3 Å². The summed E-state index contributed by atoms with van der Waals surface area (Å²) < 4.78 is 0. The Morgan fingerprint density at radius 1 is 0.714 bits per heavy atom. The van der Waals surface area contributed by atoms with Crippen LogP contribution in [-0.2, 0) is 0 Å². The van der Waals surface area contributed by atoms with E-state index in [9.17, 15) is 5.11 Å². The van der Waals surface area contributed by atoms with Crippen LogP contribution in [0.4, 0.5) is 0 Å². The highest BCUT2D eigenvalue weighted by atomic mass is 16.3. The van der Waals surface area contributed by atoms with Gasteiger partial charge in [0, 0.05) is 18.0 Å². The number of aromatic hydroxyl groups is 1. The van der Waals surface area contributed by atoms with Gasteiger partial charge >= 0.3 is 0 Å². The summed E-state index contributed by atoms with van der Waals surface area (Å²) in [4.78, 5) is 4.01. The maximum absolute atomic E-state index is 10.0. The first-order valence-corrected chi connectivity index (χ1v) is 6.80. The van der Waals surface area contributed by atoms with Crippen molar-refractivity contribution in [3.63, 3.8) is 0 Å². The van der Waals surface area contributed by atoms with Crippen LogP contribution in [0.25, 0.3) is 23.3 Å². The van der Waals surface area contributed by atoms with Gasteiger partial charge in [0.15, 0.2) is 0 Å². The number of phenolic OH excluding ortho intramolecular Hbond substituents is 1. The van der Waals surface area contributed by atoms with Crippen LogP contribution in [0.15, 0.2) is 73.1 Å². The third-order valence-corrected chi connectivity index (χ3v) is 3.32. The van der Waals surface area contributed by atoms with Crippen LogP contribution >= 0.6 is 0 Å². The van der Waals surface area contributed by atoms with Crippen LogP contribution in [0.3, 0.4) is 0 Å². The van der Waals surface area contributed by atoms with Crippen molar-refractivity contribution in [2.24, 2.45) is 0 Å². The fourth-order valence-electron chi connectivity index (χ4n) is 2.25. The van der Waals surface area contributed by atoms with Gasteiger partial charge in [0.05, 0.1) is 0 Å². The van der Waals surface area contributed by atoms with Gasteiger partial charge in [-0.05, 0) is 34.9 Å². The molecule has 2 nitrogen and oxygen atoms in total. The Kier molecular flexibility index (Phi) is 3.79. The molecule has 0 unspecified atom stereocenters. The smallest absolute Gasteiger partial charge is 0.123 e. The predicted molar refractivity (Wildman–Crippen MR) is 86.7 cm³/mol. The van der Waals surface area contributed by atoms with Crippen LogP contribution in [0.2, 0.25) is 0 Å². The van der Waals surface area contributed by atoms with Crippen LogP contribution in [0, 0.1) is 0 Å². The third-order valence-electron chi connectivity index (χ3n) is 3.32. The average Bonchev–Trinajstić information content (AvgIpc) is 2.55. The summed E-state index contributed by atoms with van der Waals surface area (Å²) in [6.07, 6.45) is 7.64. The second kappa shape index (κ2) is 6.06. The fraction of sp³-hybridized carbons (Fsp3) is 0. The number of nitrogens with zero attached hydrogens (tertiary/aromatic N) is 1. The Morgan fingerprint density at radius 3 is 2.14 bits per heavy atom. The molecule has 21 heavy (non-hydrogen) atoms. The van der Waals surface area contributed by atoms with E-state index < -0.39 is 0 Å². The normalized spacial score (nSPS) is 10.9. The van der Waals surface area contributed by atoms with Gasteiger partial charge in [-0.1, -0.05) is 54.6 Å². The molecule has 0 aliphatic heterocycles. The van der Waals surface area contributed by atoms with Crippen LogP contribution < -0.4 is 0 Å². The molecule has 0 bridgehead atoms. The summed E-state index contributed by atoms with van der Waals surface area (Å²) in [5.74, 6) is 0.294. The van der Waals surface area contributed by atoms with Gasteiger partial charge < -0.3 is 5.11 Å². The fourth-order valence-corrected chi connectivity index (χ4v) is 2.25. The molecule has 0 amide bonds. The molecule has 3 aromatic rings. The largest absolute Gasteiger partial charge is 0.507 e. The minimum Gasteiger partial charge on any atom is -0.507 e. The number of hydrogen-bond acceptors (Lipinski definition) is 2. The lowest BCUT2D eigenvalue weighted by molar-refractivity contribution is 0.477. The summed E-state index contributed by atoms with van der Waals surface area (Å²) in [5, 5.41) is 10.0. The maximum atomic E-state index is 10.0. The zero-order valence-corrected chi connectivity index (χ0v) is 11.5. The van der Waals surface area contributed by atoms with Crippen molar-refractivity contribution in [1.29, 1.82) is 0 Å². The zero-order chi connectivity index (χ0) is 14.5. The Labute approximate surface area is 124 Å². The molecular formula is C19H15NO. The molecule has 1 N–H and O–H groups in total. The topological polar surface area (TPSA) is 33.1 Å². The molecule has 1 heterocycles. The van der Waals surface area contributed by atoms with Crippen LogP contribution in [-0.4, -0.2) is 10.1 Å². The molecule has 0 atom stereocenters. The van der Waals surface area contributed by atoms with Gasteiger partial charge in [-0.3, -0.25) is 4.98 Å². The van der Waals surface area contributed by atoms with Crippen molar-refractivity contribution in [3.05, 3.63) is 84.2 Å². The minimum absolute atomic E-state index is 0.294. The molecule has 0 aliphatic carbocycles. The first-order chi connectivity index (χ1) is 10.3. The molecule has 102 valence electrons. The molecule has 0 aliphatic rings. The number of rotatable bonds is 3. The highest BCUT2D eigenvalue weighted by molar-refractivity contribution is 5.83. The third kappa shape index (κ3) is 3.00. The van der Waals surface area contributed by atoms with Gasteiger partial charge in [0.2, 0.25) is 0 Å². The summed E-state index contributed by atoms with van der Waals surface area (Å²) >= 11 is 0. The van der Waals surface area contributed by atoms with Crippen molar-refractivity contribution in [3.8, 4) is 16.9 Å². The zero-order valence-electron chi connectivity index (χ0n) is 11.5. The van der Waals surface area contributed by atoms with E-state index in [1.807, 2.05) is 60.7 Å². The summed E-state index contributed by atoms with van der Waals surface area (Å²) in [5.41, 5.74) is 4.02. The summed E-state index contributed by atoms with van der Waals surface area (Å²) in [6, 6.07) is 19.3. The molecule has 0 saturated carbocycles. The number of para-hydroxylation sites is 1. The first-order valence-electron chi connectivity index (χ1n) is 6.80. The average molecular weight is 273 g/mol. The lowest BCUT2D eigenvalue weighted by atomic mass is 9.98. The molecule has 2 aromatic carbocycles. The van der Waals surface area contributed by atoms with Crippen LogP contribution in [0.1, 0.15) is 11.1 Å². The van der Waals surface area contributed by atoms with E-state index in [2.05, 4.69) is 11.1 Å². The highest BCUT2D eigenvalue weighted by Gasteiger charge is 2.06. The number of phenols is 1. The second-order valence-electron chi connectivity index (χ2n) is 4.72. The van der Waals surface area contributed by atoms with E-state index in [0.29, 0.717) is 5.75 Å². The Balaban J connectivity index is 2.01. The highest BCUT2D eigenvalue weighted by Crippen LogP contribution is 2.32. The Bertz CT molecular complexity index is 763. The summed E-state index contributed by atoms with van der Waals surface area (Å²) in [7, 11) is 0. The second-order valence-corrected chi connectivity index (χ2v) is 4.72. The van der Waals surface area contributed by atoms with Crippen molar-refractivity contribution >= 4 is 12.2 Å². The molecule has 0 saturated heterocycles. The molecule has 2 heteroatoms. The van der Waals surface area contributed by atoms with Gasteiger partial charge in [-0.25, -0.2) is 0 Å². The van der Waals surface area contributed by atoms with Crippen LogP contribution in [0.5, 0.6) is 5.75 Å². The van der Waals surface area contributed by atoms with E-state index in [1.165, 1.54) is 0 Å². The van der Waals surface area contributed by atoms with Crippen molar-refractivity contribution < 1.29 is 5.11 Å². The number of aromatic nitrogens is 1. The van der Waals surface area contributed by atoms with Gasteiger partial charge in [0.1, 0.15) is 5.75 Å². The number of benzene rings is 2. The SMILES string of the molecule is Oc1ccccc1-c1ccccc1/C=C/c1ccncc1. The predicted octanol–water partition coefficient (Wildman–Crippen LogP) is 4.62. The lowest BCUT2D eigenvalue weighted by Crippen LogP contribution is -1.83. The molecular weight excluding hydrogens is 258 g/mol. The summed E-state index contributed by atoms with van der Waals surface area (Å²) in [6.45, 7) is 0. The standard InChI is InChI=1S/C19H15NO/c21-19-8-4-3-7-18(19)17-6-2-1-5-16(17)10-9-15-11-13-20-14-12-15/h1-14,21H/b10-9+. The number of pyridine rings is 1. The van der Waals surface area contributed by atoms with Crippen molar-refractivity contribution in [2.45, 2.75) is 0 Å². The maximum Gasteiger partial charge on any atom is 0.123 e. The minimum atomic E-state index is 0.294. The van der Waals surface area contributed by atoms with Gasteiger partial charge in [-0.15, -0.1) is 0 Å². The molecule has 0 fully saturated rings. The molecule has 1 aromatic heterocycles. The lowest BCUT2D eigenvalue weighted by Gasteiger charge is -2.08. The quantitative estimate of drug-likeness (QED) is 0.755. The first kappa shape index (κ1) is 13.1. The van der Waals surface area contributed by atoms with E-state index in [1.54, 1.807) is 18.5 Å². The Morgan fingerprint density at radius 2 is 1.38 bits per heavy atom. The van der Waals surface area contributed by atoms with Gasteiger partial charge in [-0.2, -0.15) is 0 Å². The molecule has 3 rings (SSSR count). The molecule has 0 spiro atoms. The van der Waals surface area contributed by atoms with Crippen molar-refractivity contribution in [2.75, 3.05) is 0 Å². The van der Waals surface area contributed by atoms with E-state index in [-0.39, 0.29) is 0 Å². The van der Waals surface area contributed by atoms with E-state index >= 15 is 0 Å². The monoisotopic (exact) mass is 273 g/mol. The van der Waals surface area contributed by atoms with E-state index in [4.69, 9.17) is 0 Å². The van der Waals surface area contributed by atoms with Gasteiger partial charge in [0.25, 0.3) is 0 Å². The van der Waals surface area contributed by atoms with Crippen molar-refractivity contribution in [1.82, 2.24) is 4.98 Å².